The highest BCUT2D eigenvalue weighted by atomic mass is 32.2. The van der Waals surface area contributed by atoms with Crippen molar-refractivity contribution in [3.8, 4) is 11.4 Å². The van der Waals surface area contributed by atoms with E-state index in [9.17, 15) is 13.2 Å². The van der Waals surface area contributed by atoms with Crippen molar-refractivity contribution in [2.75, 3.05) is 18.4 Å². The molecule has 0 aliphatic carbocycles. The Labute approximate surface area is 188 Å². The Balaban J connectivity index is 1.59. The third-order valence-electron chi connectivity index (χ3n) is 5.74. The summed E-state index contributed by atoms with van der Waals surface area (Å²) in [4.78, 5) is 13.2. The molecule has 4 rings (SSSR count). The van der Waals surface area contributed by atoms with Crippen molar-refractivity contribution in [3.05, 3.63) is 59.9 Å². The zero-order valence-corrected chi connectivity index (χ0v) is 19.1. The van der Waals surface area contributed by atoms with Crippen LogP contribution in [-0.2, 0) is 16.6 Å². The Kier molecular flexibility index (Phi) is 6.38. The molecule has 8 nitrogen and oxygen atoms in total. The van der Waals surface area contributed by atoms with Crippen molar-refractivity contribution < 1.29 is 13.2 Å². The van der Waals surface area contributed by atoms with Gasteiger partial charge in [-0.15, -0.1) is 10.2 Å². The smallest absolute Gasteiger partial charge is 0.255 e. The molecule has 9 heteroatoms. The van der Waals surface area contributed by atoms with Gasteiger partial charge < -0.3 is 9.88 Å². The predicted octanol–water partition coefficient (Wildman–Crippen LogP) is 3.70. The number of rotatable bonds is 6. The van der Waals surface area contributed by atoms with E-state index in [2.05, 4.69) is 15.5 Å². The van der Waals surface area contributed by atoms with Gasteiger partial charge in [-0.1, -0.05) is 24.6 Å². The lowest BCUT2D eigenvalue weighted by molar-refractivity contribution is 0.102. The van der Waals surface area contributed by atoms with E-state index in [4.69, 9.17) is 0 Å². The maximum Gasteiger partial charge on any atom is 0.255 e. The number of aryl methyl sites for hydroxylation is 2. The van der Waals surface area contributed by atoms with Gasteiger partial charge in [0.25, 0.3) is 5.91 Å². The second kappa shape index (κ2) is 9.22. The molecule has 0 bridgehead atoms. The van der Waals surface area contributed by atoms with Crippen molar-refractivity contribution in [1.82, 2.24) is 19.1 Å². The highest BCUT2D eigenvalue weighted by Gasteiger charge is 2.27. The van der Waals surface area contributed by atoms with Gasteiger partial charge in [0.15, 0.2) is 5.82 Å². The fraction of sp³-hybridized carbons (Fsp3) is 0.348. The first-order valence-corrected chi connectivity index (χ1v) is 12.2. The molecule has 2 aromatic carbocycles. The van der Waals surface area contributed by atoms with Gasteiger partial charge in [0.1, 0.15) is 6.33 Å². The maximum atomic E-state index is 13.1. The number of piperidine rings is 1. The van der Waals surface area contributed by atoms with Gasteiger partial charge in [-0.3, -0.25) is 4.79 Å². The van der Waals surface area contributed by atoms with Crippen LogP contribution in [0.5, 0.6) is 0 Å². The topological polar surface area (TPSA) is 97.2 Å². The summed E-state index contributed by atoms with van der Waals surface area (Å²) < 4.78 is 29.5. The minimum atomic E-state index is -3.62. The van der Waals surface area contributed by atoms with Crippen LogP contribution in [0, 0.1) is 6.92 Å². The molecule has 1 saturated heterocycles. The van der Waals surface area contributed by atoms with Gasteiger partial charge in [0.2, 0.25) is 10.0 Å². The fourth-order valence-electron chi connectivity index (χ4n) is 3.90. The van der Waals surface area contributed by atoms with Crippen LogP contribution >= 0.6 is 0 Å². The van der Waals surface area contributed by atoms with E-state index in [0.717, 1.165) is 37.2 Å². The Hall–Kier alpha value is -3.04. The number of carbonyl (C=O) groups excluding carboxylic acids is 1. The number of sulfonamides is 1. The van der Waals surface area contributed by atoms with Crippen molar-refractivity contribution in [2.45, 2.75) is 44.6 Å². The number of anilines is 1. The zero-order valence-electron chi connectivity index (χ0n) is 18.3. The molecule has 1 aromatic heterocycles. The number of benzene rings is 2. The standard InChI is InChI=1S/C23H27N5O3S/c1-3-27-16-24-26-22(27)18-8-7-9-19(14-18)25-23(29)21-15-20(11-10-17(21)2)32(30,31)28-12-5-4-6-13-28/h7-11,14-16H,3-6,12-13H2,1-2H3,(H,25,29). The molecular formula is C23H27N5O3S. The molecule has 0 saturated carbocycles. The molecule has 2 heterocycles. The van der Waals surface area contributed by atoms with Gasteiger partial charge in [0.05, 0.1) is 4.90 Å². The van der Waals surface area contributed by atoms with Crippen LogP contribution in [0.3, 0.4) is 0 Å². The van der Waals surface area contributed by atoms with E-state index >= 15 is 0 Å². The Morgan fingerprint density at radius 2 is 1.88 bits per heavy atom. The summed E-state index contributed by atoms with van der Waals surface area (Å²) >= 11 is 0. The summed E-state index contributed by atoms with van der Waals surface area (Å²) in [5.74, 6) is 0.363. The van der Waals surface area contributed by atoms with Crippen molar-refractivity contribution in [2.24, 2.45) is 0 Å². The monoisotopic (exact) mass is 453 g/mol. The quantitative estimate of drug-likeness (QED) is 0.614. The molecule has 0 atom stereocenters. The summed E-state index contributed by atoms with van der Waals surface area (Å²) in [7, 11) is -3.62. The van der Waals surface area contributed by atoms with Gasteiger partial charge in [-0.2, -0.15) is 4.31 Å². The number of amides is 1. The van der Waals surface area contributed by atoms with Crippen molar-refractivity contribution >= 4 is 21.6 Å². The van der Waals surface area contributed by atoms with Gasteiger partial charge in [-0.25, -0.2) is 8.42 Å². The summed E-state index contributed by atoms with van der Waals surface area (Å²) in [5, 5.41) is 11.0. The molecule has 1 aliphatic heterocycles. The second-order valence-corrected chi connectivity index (χ2v) is 9.85. The van der Waals surface area contributed by atoms with Gasteiger partial charge in [-0.05, 0) is 56.5 Å². The van der Waals surface area contributed by atoms with E-state index < -0.39 is 10.0 Å². The summed E-state index contributed by atoms with van der Waals surface area (Å²) in [6.45, 7) is 5.58. The summed E-state index contributed by atoms with van der Waals surface area (Å²) in [6.07, 6.45) is 4.43. The lowest BCUT2D eigenvalue weighted by Gasteiger charge is -2.26. The number of hydrogen-bond acceptors (Lipinski definition) is 5. The fourth-order valence-corrected chi connectivity index (χ4v) is 5.45. The minimum Gasteiger partial charge on any atom is -0.322 e. The summed E-state index contributed by atoms with van der Waals surface area (Å²) in [6, 6.07) is 12.1. The van der Waals surface area contributed by atoms with E-state index in [1.165, 1.54) is 10.4 Å². The van der Waals surface area contributed by atoms with E-state index in [-0.39, 0.29) is 10.8 Å². The van der Waals surface area contributed by atoms with Gasteiger partial charge in [0, 0.05) is 36.4 Å². The van der Waals surface area contributed by atoms with E-state index in [1.807, 2.05) is 29.7 Å². The number of aromatic nitrogens is 3. The first-order valence-electron chi connectivity index (χ1n) is 10.8. The molecular weight excluding hydrogens is 426 g/mol. The Bertz CT molecular complexity index is 1230. The average molecular weight is 454 g/mol. The highest BCUT2D eigenvalue weighted by molar-refractivity contribution is 7.89. The van der Waals surface area contributed by atoms with Crippen LogP contribution in [0.25, 0.3) is 11.4 Å². The van der Waals surface area contributed by atoms with Crippen LogP contribution in [0.1, 0.15) is 42.1 Å². The lowest BCUT2D eigenvalue weighted by Crippen LogP contribution is -2.35. The molecule has 0 unspecified atom stereocenters. The first-order chi connectivity index (χ1) is 15.4. The maximum absolute atomic E-state index is 13.1. The van der Waals surface area contributed by atoms with Crippen molar-refractivity contribution in [1.29, 1.82) is 0 Å². The SMILES string of the molecule is CCn1cnnc1-c1cccc(NC(=O)c2cc(S(=O)(=O)N3CCCCC3)ccc2C)c1. The molecule has 32 heavy (non-hydrogen) atoms. The van der Waals surface area contributed by atoms with Crippen LogP contribution in [0.15, 0.2) is 53.7 Å². The molecule has 3 aromatic rings. The van der Waals surface area contributed by atoms with E-state index in [1.54, 1.807) is 31.5 Å². The summed E-state index contributed by atoms with van der Waals surface area (Å²) in [5.41, 5.74) is 2.48. The third kappa shape index (κ3) is 4.44. The molecule has 1 amide bonds. The lowest BCUT2D eigenvalue weighted by atomic mass is 10.1. The number of nitrogens with zero attached hydrogens (tertiary/aromatic N) is 4. The third-order valence-corrected chi connectivity index (χ3v) is 7.64. The van der Waals surface area contributed by atoms with Crippen molar-refractivity contribution in [3.63, 3.8) is 0 Å². The molecule has 1 aliphatic rings. The highest BCUT2D eigenvalue weighted by Crippen LogP contribution is 2.25. The Morgan fingerprint density at radius 3 is 2.62 bits per heavy atom. The predicted molar refractivity (Wildman–Crippen MR) is 123 cm³/mol. The molecule has 1 fully saturated rings. The molecule has 168 valence electrons. The largest absolute Gasteiger partial charge is 0.322 e. The average Bonchev–Trinajstić information content (AvgIpc) is 3.29. The second-order valence-electron chi connectivity index (χ2n) is 7.92. The normalized spacial score (nSPS) is 14.9. The molecule has 0 radical (unpaired) electrons. The van der Waals surface area contributed by atoms with Gasteiger partial charge >= 0.3 is 0 Å². The van der Waals surface area contributed by atoms with Crippen LogP contribution in [0.2, 0.25) is 0 Å². The Morgan fingerprint density at radius 1 is 1.09 bits per heavy atom. The number of nitrogens with one attached hydrogen (secondary N) is 1. The number of hydrogen-bond donors (Lipinski definition) is 1. The zero-order chi connectivity index (χ0) is 22.7. The molecule has 1 N–H and O–H groups in total. The van der Waals surface area contributed by atoms with Crippen LogP contribution in [-0.4, -0.2) is 46.5 Å². The number of carbonyl (C=O) groups is 1. The first kappa shape index (κ1) is 22.2. The van der Waals surface area contributed by atoms with E-state index in [0.29, 0.717) is 29.9 Å². The minimum absolute atomic E-state index is 0.153. The molecule has 0 spiro atoms. The van der Waals surface area contributed by atoms with Crippen LogP contribution in [0.4, 0.5) is 5.69 Å². The van der Waals surface area contributed by atoms with Crippen LogP contribution < -0.4 is 5.32 Å².